The molecule has 0 spiro atoms. The Morgan fingerprint density at radius 2 is 1.92 bits per heavy atom. The van der Waals surface area contributed by atoms with Crippen molar-refractivity contribution in [3.8, 4) is 0 Å². The van der Waals surface area contributed by atoms with E-state index < -0.39 is 0 Å². The fourth-order valence-electron chi connectivity index (χ4n) is 3.15. The van der Waals surface area contributed by atoms with E-state index in [1.165, 1.54) is 18.4 Å². The zero-order chi connectivity index (χ0) is 16.9. The van der Waals surface area contributed by atoms with E-state index in [-0.39, 0.29) is 0 Å². The Morgan fingerprint density at radius 1 is 1.17 bits per heavy atom. The van der Waals surface area contributed by atoms with Crippen LogP contribution in [0.3, 0.4) is 0 Å². The Hall–Kier alpha value is -1.59. The van der Waals surface area contributed by atoms with Crippen molar-refractivity contribution in [2.45, 2.75) is 49.6 Å². The highest BCUT2D eigenvalue weighted by Crippen LogP contribution is 2.48. The van der Waals surface area contributed by atoms with Crippen LogP contribution in [0, 0.1) is 0 Å². The number of hydrogen-bond acceptors (Lipinski definition) is 5. The number of benzene rings is 1. The van der Waals surface area contributed by atoms with E-state index in [4.69, 9.17) is 10.7 Å². The monoisotopic (exact) mass is 342 g/mol. The van der Waals surface area contributed by atoms with E-state index in [1.807, 2.05) is 0 Å². The molecule has 128 valence electrons. The molecule has 0 bridgehead atoms. The van der Waals surface area contributed by atoms with Gasteiger partial charge in [-0.25, -0.2) is 9.97 Å². The minimum Gasteiger partial charge on any atom is -0.352 e. The fraction of sp³-hybridized carbons (Fsp3) is 0.474. The molecule has 0 saturated heterocycles. The van der Waals surface area contributed by atoms with Gasteiger partial charge in [0.15, 0.2) is 0 Å². The van der Waals surface area contributed by atoms with Crippen molar-refractivity contribution in [3.05, 3.63) is 47.7 Å². The average Bonchev–Trinajstić information content (AvgIpc) is 2.52. The lowest BCUT2D eigenvalue weighted by atomic mass is 9.68. The zero-order valence-electron chi connectivity index (χ0n) is 14.4. The van der Waals surface area contributed by atoms with Crippen molar-refractivity contribution in [1.82, 2.24) is 9.97 Å². The normalized spacial score (nSPS) is 20.0. The van der Waals surface area contributed by atoms with E-state index >= 15 is 0 Å². The molecule has 0 aliphatic heterocycles. The van der Waals surface area contributed by atoms with Crippen LogP contribution in [0.25, 0.3) is 0 Å². The van der Waals surface area contributed by atoms with Gasteiger partial charge in [-0.15, -0.1) is 11.8 Å². The first kappa shape index (κ1) is 17.2. The number of nitrogens with zero attached hydrogens (tertiary/aromatic N) is 2. The maximum absolute atomic E-state index is 5.65. The first-order chi connectivity index (χ1) is 11.7. The Morgan fingerprint density at radius 3 is 2.54 bits per heavy atom. The van der Waals surface area contributed by atoms with Crippen molar-refractivity contribution in [3.63, 3.8) is 0 Å². The van der Waals surface area contributed by atoms with Crippen LogP contribution < -0.4 is 11.1 Å². The maximum atomic E-state index is 5.65. The van der Waals surface area contributed by atoms with Crippen molar-refractivity contribution < 1.29 is 0 Å². The summed E-state index contributed by atoms with van der Waals surface area (Å²) >= 11 is 1.71. The second-order valence-corrected chi connectivity index (χ2v) is 7.71. The molecule has 1 aromatic carbocycles. The highest BCUT2D eigenvalue weighted by molar-refractivity contribution is 7.99. The predicted octanol–water partition coefficient (Wildman–Crippen LogP) is 4.01. The summed E-state index contributed by atoms with van der Waals surface area (Å²) in [6, 6.07) is 13.3. The lowest BCUT2D eigenvalue weighted by Crippen LogP contribution is -2.24. The summed E-state index contributed by atoms with van der Waals surface area (Å²) in [6.07, 6.45) is 2.43. The van der Waals surface area contributed by atoms with Gasteiger partial charge in [0, 0.05) is 24.3 Å². The lowest BCUT2D eigenvalue weighted by Gasteiger charge is -2.37. The molecule has 3 N–H and O–H groups in total. The topological polar surface area (TPSA) is 63.8 Å². The molecule has 0 amide bonds. The number of hydrogen-bond donors (Lipinski definition) is 2. The largest absolute Gasteiger partial charge is 0.352 e. The second kappa shape index (κ2) is 7.99. The van der Waals surface area contributed by atoms with Crippen LogP contribution in [-0.4, -0.2) is 28.3 Å². The first-order valence-electron chi connectivity index (χ1n) is 8.70. The van der Waals surface area contributed by atoms with Crippen LogP contribution in [0.1, 0.15) is 49.8 Å². The fourth-order valence-corrected chi connectivity index (χ4v) is 3.83. The first-order valence-corrected chi connectivity index (χ1v) is 9.69. The molecule has 24 heavy (non-hydrogen) atoms. The Balaban J connectivity index is 1.85. The minimum absolute atomic E-state index is 0.318. The molecule has 1 aliphatic rings. The molecule has 0 radical (unpaired) electrons. The molecule has 3 rings (SSSR count). The quantitative estimate of drug-likeness (QED) is 0.588. The summed E-state index contributed by atoms with van der Waals surface area (Å²) in [6.45, 7) is 4.88. The molecule has 1 aromatic heterocycles. The summed E-state index contributed by atoms with van der Waals surface area (Å²) in [5, 5.41) is 4.37. The number of nitrogens with one attached hydrogen (secondary N) is 1. The highest BCUT2D eigenvalue weighted by atomic mass is 32.2. The highest BCUT2D eigenvalue weighted by Gasteiger charge is 2.34. The standard InChI is InChI=1S/C19H26N4S/c1-13(2)21-19-22-17(12-18(23-19)24-11-10-20)16-9-8-15(16)14-6-4-3-5-7-14/h3-7,12-13,15-16H,8-11,20H2,1-2H3,(H,21,22,23)/t15?,16-/m0/s1. The van der Waals surface area contributed by atoms with E-state index in [0.29, 0.717) is 24.4 Å². The van der Waals surface area contributed by atoms with Crippen molar-refractivity contribution >= 4 is 17.7 Å². The third-order valence-electron chi connectivity index (χ3n) is 4.39. The molecule has 1 unspecified atom stereocenters. The van der Waals surface area contributed by atoms with E-state index in [1.54, 1.807) is 11.8 Å². The number of rotatable bonds is 7. The lowest BCUT2D eigenvalue weighted by molar-refractivity contribution is 0.339. The average molecular weight is 343 g/mol. The van der Waals surface area contributed by atoms with Gasteiger partial charge in [-0.2, -0.15) is 0 Å². The van der Waals surface area contributed by atoms with Crippen LogP contribution in [0.2, 0.25) is 0 Å². The molecule has 1 heterocycles. The van der Waals surface area contributed by atoms with E-state index in [2.05, 4.69) is 60.5 Å². The Kier molecular flexibility index (Phi) is 5.74. The Labute approximate surface area is 148 Å². The molecule has 2 aromatic rings. The van der Waals surface area contributed by atoms with E-state index in [9.17, 15) is 0 Å². The number of aromatic nitrogens is 2. The molecule has 1 saturated carbocycles. The van der Waals surface area contributed by atoms with Crippen molar-refractivity contribution in [2.75, 3.05) is 17.6 Å². The molecule has 5 heteroatoms. The zero-order valence-corrected chi connectivity index (χ0v) is 15.2. The maximum Gasteiger partial charge on any atom is 0.224 e. The molecule has 1 fully saturated rings. The third kappa shape index (κ3) is 4.08. The van der Waals surface area contributed by atoms with Crippen LogP contribution in [0.15, 0.2) is 41.4 Å². The van der Waals surface area contributed by atoms with Crippen LogP contribution in [0.4, 0.5) is 5.95 Å². The van der Waals surface area contributed by atoms with E-state index in [0.717, 1.165) is 22.4 Å². The van der Waals surface area contributed by atoms with Crippen molar-refractivity contribution in [1.29, 1.82) is 0 Å². The number of thioether (sulfide) groups is 1. The number of nitrogens with two attached hydrogens (primary N) is 1. The summed E-state index contributed by atoms with van der Waals surface area (Å²) < 4.78 is 0. The van der Waals surface area contributed by atoms with Gasteiger partial charge >= 0.3 is 0 Å². The summed E-state index contributed by atoms with van der Waals surface area (Å²) in [7, 11) is 0. The van der Waals surface area contributed by atoms with Gasteiger partial charge in [0.05, 0.1) is 5.69 Å². The number of anilines is 1. The minimum atomic E-state index is 0.318. The van der Waals surface area contributed by atoms with Gasteiger partial charge < -0.3 is 11.1 Å². The predicted molar refractivity (Wildman–Crippen MR) is 102 cm³/mol. The van der Waals surface area contributed by atoms with Gasteiger partial charge in [0.25, 0.3) is 0 Å². The van der Waals surface area contributed by atoms with Gasteiger partial charge in [-0.05, 0) is 44.2 Å². The van der Waals surface area contributed by atoms with Crippen LogP contribution >= 0.6 is 11.8 Å². The van der Waals surface area contributed by atoms with Crippen LogP contribution in [-0.2, 0) is 0 Å². The summed E-state index contributed by atoms with van der Waals surface area (Å²) in [5.74, 6) is 2.67. The van der Waals surface area contributed by atoms with Crippen molar-refractivity contribution in [2.24, 2.45) is 5.73 Å². The summed E-state index contributed by atoms with van der Waals surface area (Å²) in [4.78, 5) is 9.45. The third-order valence-corrected chi connectivity index (χ3v) is 5.33. The molecule has 1 aliphatic carbocycles. The molecule has 2 atom stereocenters. The van der Waals surface area contributed by atoms with Gasteiger partial charge in [-0.1, -0.05) is 30.3 Å². The smallest absolute Gasteiger partial charge is 0.224 e. The summed E-state index contributed by atoms with van der Waals surface area (Å²) in [5.41, 5.74) is 8.23. The molecule has 4 nitrogen and oxygen atoms in total. The van der Waals surface area contributed by atoms with Crippen LogP contribution in [0.5, 0.6) is 0 Å². The van der Waals surface area contributed by atoms with Gasteiger partial charge in [0.1, 0.15) is 5.03 Å². The van der Waals surface area contributed by atoms with Gasteiger partial charge in [0.2, 0.25) is 5.95 Å². The SMILES string of the molecule is CC(C)Nc1nc(SCCN)cc([C@H]2CCC2c2ccccc2)n1. The Bertz CT molecular complexity index is 660. The molecular weight excluding hydrogens is 316 g/mol. The van der Waals surface area contributed by atoms with Gasteiger partial charge in [-0.3, -0.25) is 0 Å². The molecular formula is C19H26N4S. The second-order valence-electron chi connectivity index (χ2n) is 6.59.